The quantitative estimate of drug-likeness (QED) is 0.734. The Labute approximate surface area is 156 Å². The van der Waals surface area contributed by atoms with Crippen LogP contribution in [0.15, 0.2) is 47.6 Å². The predicted octanol–water partition coefficient (Wildman–Crippen LogP) is 3.12. The summed E-state index contributed by atoms with van der Waals surface area (Å²) in [5.41, 5.74) is 7.08. The van der Waals surface area contributed by atoms with Crippen LogP contribution in [0.3, 0.4) is 0 Å². The van der Waals surface area contributed by atoms with Gasteiger partial charge in [0.25, 0.3) is 0 Å². The molecule has 6 nitrogen and oxygen atoms in total. The summed E-state index contributed by atoms with van der Waals surface area (Å²) < 4.78 is 5.86. The summed E-state index contributed by atoms with van der Waals surface area (Å²) in [4.78, 5) is 9.13. The second kappa shape index (κ2) is 6.23. The van der Waals surface area contributed by atoms with E-state index in [4.69, 9.17) is 9.72 Å². The number of hydrogen-bond donors (Lipinski definition) is 2. The fraction of sp³-hybridized carbons (Fsp3) is 0.286. The lowest BCUT2D eigenvalue weighted by Gasteiger charge is -2.24. The fourth-order valence-electron chi connectivity index (χ4n) is 3.89. The van der Waals surface area contributed by atoms with Gasteiger partial charge in [-0.3, -0.25) is 0 Å². The molecule has 2 unspecified atom stereocenters. The third-order valence-electron chi connectivity index (χ3n) is 5.42. The minimum Gasteiger partial charge on any atom is -0.493 e. The zero-order valence-electron chi connectivity index (χ0n) is 15.0. The molecule has 136 valence electrons. The Morgan fingerprint density at radius 1 is 1.15 bits per heavy atom. The van der Waals surface area contributed by atoms with E-state index in [0.717, 1.165) is 41.1 Å². The van der Waals surface area contributed by atoms with Crippen LogP contribution in [0.1, 0.15) is 35.7 Å². The maximum Gasteiger partial charge on any atom is 0.222 e. The van der Waals surface area contributed by atoms with Gasteiger partial charge in [-0.1, -0.05) is 24.3 Å². The van der Waals surface area contributed by atoms with Gasteiger partial charge in [-0.15, -0.1) is 0 Å². The normalized spacial score (nSPS) is 21.3. The van der Waals surface area contributed by atoms with Crippen molar-refractivity contribution in [2.45, 2.75) is 25.2 Å². The minimum absolute atomic E-state index is 0.0243. The van der Waals surface area contributed by atoms with Gasteiger partial charge in [-0.2, -0.15) is 10.1 Å². The van der Waals surface area contributed by atoms with Gasteiger partial charge in [0.15, 0.2) is 0 Å². The van der Waals surface area contributed by atoms with Gasteiger partial charge >= 0.3 is 0 Å². The van der Waals surface area contributed by atoms with E-state index in [-0.39, 0.29) is 17.7 Å². The Bertz CT molecular complexity index is 1060. The number of hydrazone groups is 1. The van der Waals surface area contributed by atoms with E-state index in [2.05, 4.69) is 27.6 Å². The van der Waals surface area contributed by atoms with Crippen LogP contribution < -0.4 is 10.2 Å². The third-order valence-corrected chi connectivity index (χ3v) is 5.42. The number of nitrogens with one attached hydrogen (secondary N) is 1. The second-order valence-electron chi connectivity index (χ2n) is 7.17. The fourth-order valence-corrected chi connectivity index (χ4v) is 3.89. The molecule has 0 fully saturated rings. The molecule has 2 aromatic carbocycles. The zero-order valence-corrected chi connectivity index (χ0v) is 15.0. The SMILES string of the molecule is CC1=NNCC1c1ccc2nc(C3COc4ccccc4C3)nc(O)c2c1. The molecule has 3 heterocycles. The third kappa shape index (κ3) is 2.77. The molecular weight excluding hydrogens is 340 g/mol. The molecule has 0 saturated heterocycles. The van der Waals surface area contributed by atoms with Crippen LogP contribution in [0.4, 0.5) is 0 Å². The summed E-state index contributed by atoms with van der Waals surface area (Å²) in [6.45, 7) is 3.30. The molecule has 0 spiro atoms. The topological polar surface area (TPSA) is 79.6 Å². The highest BCUT2D eigenvalue weighted by molar-refractivity contribution is 5.92. The number of hydrogen-bond acceptors (Lipinski definition) is 6. The van der Waals surface area contributed by atoms with Crippen LogP contribution in [-0.4, -0.2) is 33.9 Å². The van der Waals surface area contributed by atoms with E-state index in [0.29, 0.717) is 17.8 Å². The van der Waals surface area contributed by atoms with E-state index in [9.17, 15) is 5.11 Å². The Morgan fingerprint density at radius 2 is 2.04 bits per heavy atom. The van der Waals surface area contributed by atoms with Crippen LogP contribution in [-0.2, 0) is 6.42 Å². The first-order chi connectivity index (χ1) is 13.2. The number of nitrogens with zero attached hydrogens (tertiary/aromatic N) is 3. The molecule has 0 saturated carbocycles. The smallest absolute Gasteiger partial charge is 0.222 e. The van der Waals surface area contributed by atoms with Crippen molar-refractivity contribution in [3.05, 3.63) is 59.4 Å². The van der Waals surface area contributed by atoms with Crippen molar-refractivity contribution in [2.75, 3.05) is 13.2 Å². The molecule has 5 rings (SSSR count). The van der Waals surface area contributed by atoms with Crippen molar-refractivity contribution in [3.63, 3.8) is 0 Å². The molecule has 0 radical (unpaired) electrons. The summed E-state index contributed by atoms with van der Waals surface area (Å²) in [5, 5.41) is 15.5. The summed E-state index contributed by atoms with van der Waals surface area (Å²) in [5.74, 6) is 1.82. The van der Waals surface area contributed by atoms with Crippen molar-refractivity contribution in [2.24, 2.45) is 5.10 Å². The first-order valence-corrected chi connectivity index (χ1v) is 9.17. The maximum absolute atomic E-state index is 10.6. The van der Waals surface area contributed by atoms with Crippen molar-refractivity contribution >= 4 is 16.6 Å². The first-order valence-electron chi connectivity index (χ1n) is 9.17. The van der Waals surface area contributed by atoms with E-state index in [1.165, 1.54) is 0 Å². The lowest BCUT2D eigenvalue weighted by atomic mass is 9.94. The standard InChI is InChI=1S/C21H20N4O2/c1-12-17(10-22-25-12)13-6-7-18-16(9-13)21(26)24-20(23-18)15-8-14-4-2-3-5-19(14)27-11-15/h2-7,9,15,17,22H,8,10-11H2,1H3,(H,23,24,26). The molecule has 0 amide bonds. The Morgan fingerprint density at radius 3 is 2.89 bits per heavy atom. The monoisotopic (exact) mass is 360 g/mol. The van der Waals surface area contributed by atoms with Crippen LogP contribution in [0.5, 0.6) is 11.6 Å². The van der Waals surface area contributed by atoms with Gasteiger partial charge in [0.1, 0.15) is 11.6 Å². The molecule has 1 aromatic heterocycles. The van der Waals surface area contributed by atoms with E-state index < -0.39 is 0 Å². The summed E-state index contributed by atoms with van der Waals surface area (Å²) in [6.07, 6.45) is 0.808. The average molecular weight is 360 g/mol. The minimum atomic E-state index is 0.0243. The van der Waals surface area contributed by atoms with Crippen molar-refractivity contribution in [1.29, 1.82) is 0 Å². The number of aromatic hydroxyl groups is 1. The maximum atomic E-state index is 10.6. The predicted molar refractivity (Wildman–Crippen MR) is 103 cm³/mol. The number of para-hydroxylation sites is 1. The van der Waals surface area contributed by atoms with E-state index in [1.54, 1.807) is 0 Å². The van der Waals surface area contributed by atoms with Crippen molar-refractivity contribution < 1.29 is 9.84 Å². The molecule has 3 aromatic rings. The van der Waals surface area contributed by atoms with Gasteiger partial charge < -0.3 is 15.3 Å². The summed E-state index contributed by atoms with van der Waals surface area (Å²) >= 11 is 0. The van der Waals surface area contributed by atoms with E-state index in [1.807, 2.05) is 37.3 Å². The highest BCUT2D eigenvalue weighted by Crippen LogP contribution is 2.33. The highest BCUT2D eigenvalue weighted by Gasteiger charge is 2.25. The van der Waals surface area contributed by atoms with Crippen molar-refractivity contribution in [3.8, 4) is 11.6 Å². The van der Waals surface area contributed by atoms with Crippen LogP contribution in [0, 0.1) is 0 Å². The lowest BCUT2D eigenvalue weighted by molar-refractivity contribution is 0.257. The summed E-state index contributed by atoms with van der Waals surface area (Å²) in [7, 11) is 0. The van der Waals surface area contributed by atoms with Crippen LogP contribution >= 0.6 is 0 Å². The van der Waals surface area contributed by atoms with E-state index >= 15 is 0 Å². The molecule has 27 heavy (non-hydrogen) atoms. The lowest BCUT2D eigenvalue weighted by Crippen LogP contribution is -2.21. The average Bonchev–Trinajstić information content (AvgIpc) is 3.13. The van der Waals surface area contributed by atoms with Gasteiger partial charge in [0.2, 0.25) is 5.88 Å². The van der Waals surface area contributed by atoms with Gasteiger partial charge in [-0.05, 0) is 42.7 Å². The summed E-state index contributed by atoms with van der Waals surface area (Å²) in [6, 6.07) is 14.0. The van der Waals surface area contributed by atoms with Gasteiger partial charge in [0, 0.05) is 18.2 Å². The van der Waals surface area contributed by atoms with Crippen LogP contribution in [0.2, 0.25) is 0 Å². The molecule has 2 aliphatic rings. The number of rotatable bonds is 2. The number of aromatic nitrogens is 2. The molecule has 2 aliphatic heterocycles. The van der Waals surface area contributed by atoms with Gasteiger partial charge in [0.05, 0.1) is 23.4 Å². The zero-order chi connectivity index (χ0) is 18.4. The second-order valence-corrected chi connectivity index (χ2v) is 7.17. The molecule has 0 bridgehead atoms. The highest BCUT2D eigenvalue weighted by atomic mass is 16.5. The number of ether oxygens (including phenoxy) is 1. The number of fused-ring (bicyclic) bond motifs is 2. The molecule has 0 aliphatic carbocycles. The Hall–Kier alpha value is -3.15. The van der Waals surface area contributed by atoms with Crippen LogP contribution in [0.25, 0.3) is 10.9 Å². The number of benzene rings is 2. The molecule has 6 heteroatoms. The Balaban J connectivity index is 1.50. The van der Waals surface area contributed by atoms with Gasteiger partial charge in [-0.25, -0.2) is 4.98 Å². The molecule has 2 atom stereocenters. The van der Waals surface area contributed by atoms with Crippen molar-refractivity contribution in [1.82, 2.24) is 15.4 Å². The molecule has 2 N–H and O–H groups in total. The Kier molecular flexibility index (Phi) is 3.70. The largest absolute Gasteiger partial charge is 0.493 e. The first kappa shape index (κ1) is 16.1. The molecular formula is C21H20N4O2.